The van der Waals surface area contributed by atoms with Gasteiger partial charge in [0.05, 0.1) is 0 Å². The lowest BCUT2D eigenvalue weighted by molar-refractivity contribution is -0.445. The number of hydrogen-bond donors (Lipinski definition) is 0. The van der Waals surface area contributed by atoms with Gasteiger partial charge in [0.15, 0.2) is 7.05 Å². The third-order valence-electron chi connectivity index (χ3n) is 0.696. The summed E-state index contributed by atoms with van der Waals surface area (Å²) < 4.78 is 0. The number of nitro groups is 1. The number of carbonyl (C=O) groups excluding carboxylic acids is 1. The van der Waals surface area contributed by atoms with Crippen LogP contribution in [0, 0.1) is 16.0 Å². The Kier molecular flexibility index (Phi) is 8.30. The Balaban J connectivity index is 0. The van der Waals surface area contributed by atoms with Crippen molar-refractivity contribution in [2.24, 2.45) is 5.92 Å². The summed E-state index contributed by atoms with van der Waals surface area (Å²) in [6.45, 7) is 5.71. The predicted molar refractivity (Wildman–Crippen MR) is 43.1 cm³/mol. The monoisotopic (exact) mass is 161 g/mol. The average molecular weight is 161 g/mol. The molecule has 0 unspecified atom stereocenters. The maximum absolute atomic E-state index is 10.3. The largest absolute Gasteiger partial charge is 0.300 e. The molecule has 0 atom stereocenters. The molecule has 0 amide bonds. The number of Topliss-reactive ketones (excluding diaryl/α,β-unsaturated/α-hetero) is 1. The van der Waals surface area contributed by atoms with E-state index in [4.69, 9.17) is 10.1 Å². The number of nitrogens with zero attached hydrogens (tertiary/aromatic N) is 1. The molecule has 0 aromatic heterocycles. The van der Waals surface area contributed by atoms with Gasteiger partial charge in [-0.1, -0.05) is 13.8 Å². The highest BCUT2D eigenvalue weighted by atomic mass is 16.6. The van der Waals surface area contributed by atoms with Gasteiger partial charge in [0.2, 0.25) is 0 Å². The molecule has 0 saturated heterocycles. The molecule has 66 valence electrons. The second-order valence-electron chi connectivity index (χ2n) is 2.74. The molecule has 0 rings (SSSR count). The van der Waals surface area contributed by atoms with Crippen LogP contribution in [0.3, 0.4) is 0 Å². The zero-order chi connectivity index (χ0) is 9.44. The summed E-state index contributed by atoms with van der Waals surface area (Å²) >= 11 is 0. The van der Waals surface area contributed by atoms with Crippen molar-refractivity contribution in [1.29, 1.82) is 0 Å². The van der Waals surface area contributed by atoms with Gasteiger partial charge < -0.3 is 4.79 Å². The Morgan fingerprint density at radius 2 is 1.82 bits per heavy atom. The highest BCUT2D eigenvalue weighted by Crippen LogP contribution is 1.97. The van der Waals surface area contributed by atoms with E-state index in [1.54, 1.807) is 6.92 Å². The van der Waals surface area contributed by atoms with Crippen molar-refractivity contribution in [2.75, 3.05) is 7.05 Å². The fourth-order valence-corrected chi connectivity index (χ4v) is 0.575. The highest BCUT2D eigenvalue weighted by Gasteiger charge is 1.95. The minimum absolute atomic E-state index is 0.287. The average Bonchev–Trinajstić information content (AvgIpc) is 1.56. The molecule has 0 radical (unpaired) electrons. The van der Waals surface area contributed by atoms with Crippen LogP contribution >= 0.6 is 0 Å². The van der Waals surface area contributed by atoms with Crippen LogP contribution in [0.4, 0.5) is 0 Å². The molecule has 0 aromatic rings. The van der Waals surface area contributed by atoms with Crippen LogP contribution < -0.4 is 0 Å². The van der Waals surface area contributed by atoms with Crippen molar-refractivity contribution in [3.05, 3.63) is 10.1 Å². The Hall–Kier alpha value is -0.930. The van der Waals surface area contributed by atoms with E-state index in [2.05, 4.69) is 0 Å². The number of rotatable bonds is 2. The van der Waals surface area contributed by atoms with Gasteiger partial charge in [-0.15, -0.1) is 0 Å². The molecule has 0 heterocycles. The van der Waals surface area contributed by atoms with Gasteiger partial charge in [0.1, 0.15) is 5.78 Å². The van der Waals surface area contributed by atoms with Gasteiger partial charge in [-0.2, -0.15) is 0 Å². The van der Waals surface area contributed by atoms with Crippen molar-refractivity contribution in [2.45, 2.75) is 27.2 Å². The maximum Gasteiger partial charge on any atom is 0.194 e. The Morgan fingerprint density at radius 1 is 1.55 bits per heavy atom. The van der Waals surface area contributed by atoms with Crippen LogP contribution in [0.15, 0.2) is 0 Å². The lowest BCUT2D eigenvalue weighted by Gasteiger charge is -1.95. The number of hydrogen-bond acceptors (Lipinski definition) is 3. The van der Waals surface area contributed by atoms with Gasteiger partial charge in [0.25, 0.3) is 0 Å². The van der Waals surface area contributed by atoms with E-state index >= 15 is 0 Å². The smallest absolute Gasteiger partial charge is 0.194 e. The zero-order valence-corrected chi connectivity index (χ0v) is 7.46. The summed E-state index contributed by atoms with van der Waals surface area (Å²) in [4.78, 5) is 18.6. The normalized spacial score (nSPS) is 8.45. The maximum atomic E-state index is 10.3. The Morgan fingerprint density at radius 3 is 1.82 bits per heavy atom. The Labute approximate surface area is 66.7 Å². The molecule has 0 aromatic carbocycles. The third-order valence-corrected chi connectivity index (χ3v) is 0.696. The first-order valence-corrected chi connectivity index (χ1v) is 3.43. The first kappa shape index (κ1) is 12.7. The molecule has 0 fully saturated rings. The molecule has 0 aliphatic carbocycles. The SMILES string of the molecule is CC(=O)CC(C)C.C[N+](=O)[O-]. The molecule has 0 spiro atoms. The summed E-state index contributed by atoms with van der Waals surface area (Å²) in [5.41, 5.74) is 0. The molecular formula is C7H15NO3. The summed E-state index contributed by atoms with van der Waals surface area (Å²) in [6.07, 6.45) is 0.722. The summed E-state index contributed by atoms with van der Waals surface area (Å²) in [7, 11) is 0.889. The van der Waals surface area contributed by atoms with Crippen molar-refractivity contribution in [3.8, 4) is 0 Å². The molecule has 11 heavy (non-hydrogen) atoms. The minimum atomic E-state index is -0.500. The van der Waals surface area contributed by atoms with E-state index in [1.165, 1.54) is 0 Å². The van der Waals surface area contributed by atoms with Crippen LogP contribution in [0.2, 0.25) is 0 Å². The van der Waals surface area contributed by atoms with Crippen molar-refractivity contribution in [3.63, 3.8) is 0 Å². The van der Waals surface area contributed by atoms with E-state index in [-0.39, 0.29) is 5.78 Å². The predicted octanol–water partition coefficient (Wildman–Crippen LogP) is 1.51. The van der Waals surface area contributed by atoms with E-state index in [9.17, 15) is 4.79 Å². The first-order valence-electron chi connectivity index (χ1n) is 3.43. The van der Waals surface area contributed by atoms with E-state index in [0.717, 1.165) is 13.5 Å². The van der Waals surface area contributed by atoms with Gasteiger partial charge >= 0.3 is 0 Å². The fourth-order valence-electron chi connectivity index (χ4n) is 0.575. The van der Waals surface area contributed by atoms with Crippen LogP contribution in [-0.2, 0) is 4.79 Å². The summed E-state index contributed by atoms with van der Waals surface area (Å²) in [5, 5.41) is 8.81. The molecule has 0 saturated carbocycles. The van der Waals surface area contributed by atoms with Crippen LogP contribution in [-0.4, -0.2) is 17.8 Å². The van der Waals surface area contributed by atoms with Gasteiger partial charge in [-0.25, -0.2) is 0 Å². The number of carbonyl (C=O) groups is 1. The molecular weight excluding hydrogens is 146 g/mol. The lowest BCUT2D eigenvalue weighted by Crippen LogP contribution is -1.95. The minimum Gasteiger partial charge on any atom is -0.300 e. The topological polar surface area (TPSA) is 60.2 Å². The molecule has 0 bridgehead atoms. The van der Waals surface area contributed by atoms with Crippen molar-refractivity contribution < 1.29 is 9.72 Å². The first-order chi connectivity index (χ1) is 4.86. The van der Waals surface area contributed by atoms with Crippen LogP contribution in [0.1, 0.15) is 27.2 Å². The quantitative estimate of drug-likeness (QED) is 0.455. The van der Waals surface area contributed by atoms with Crippen molar-refractivity contribution in [1.82, 2.24) is 0 Å². The molecule has 0 aliphatic rings. The van der Waals surface area contributed by atoms with Gasteiger partial charge in [0, 0.05) is 11.3 Å². The van der Waals surface area contributed by atoms with E-state index < -0.39 is 4.92 Å². The molecule has 0 N–H and O–H groups in total. The van der Waals surface area contributed by atoms with Crippen molar-refractivity contribution >= 4 is 5.78 Å². The van der Waals surface area contributed by atoms with Crippen LogP contribution in [0.25, 0.3) is 0 Å². The second-order valence-corrected chi connectivity index (χ2v) is 2.74. The number of ketones is 1. The van der Waals surface area contributed by atoms with E-state index in [1.807, 2.05) is 13.8 Å². The lowest BCUT2D eigenvalue weighted by atomic mass is 10.1. The van der Waals surface area contributed by atoms with E-state index in [0.29, 0.717) is 5.92 Å². The highest BCUT2D eigenvalue weighted by molar-refractivity contribution is 5.75. The second kappa shape index (κ2) is 7.18. The molecule has 4 nitrogen and oxygen atoms in total. The summed E-state index contributed by atoms with van der Waals surface area (Å²) in [6, 6.07) is 0. The Bertz CT molecular complexity index is 128. The fraction of sp³-hybridized carbons (Fsp3) is 0.857. The molecule has 0 aliphatic heterocycles. The third kappa shape index (κ3) is 48.1. The summed E-state index contributed by atoms with van der Waals surface area (Å²) in [5.74, 6) is 0.813. The molecule has 4 heteroatoms. The standard InChI is InChI=1S/C6H12O.CH3NO2/c1-5(2)4-6(3)7;1-2(3)4/h5H,4H2,1-3H3;1H3. The zero-order valence-electron chi connectivity index (χ0n) is 7.46. The van der Waals surface area contributed by atoms with Gasteiger partial charge in [-0.3, -0.25) is 10.1 Å². The van der Waals surface area contributed by atoms with Gasteiger partial charge in [-0.05, 0) is 12.8 Å². The van der Waals surface area contributed by atoms with Crippen LogP contribution in [0.5, 0.6) is 0 Å².